The topological polar surface area (TPSA) is 114 Å². The first kappa shape index (κ1) is 38.7. The van der Waals surface area contributed by atoms with Crippen molar-refractivity contribution in [3.05, 3.63) is 203 Å². The molecule has 0 radical (unpaired) electrons. The number of anilines is 6. The largest absolute Gasteiger partial charge is 0.273 e. The maximum absolute atomic E-state index is 9.62. The number of benzene rings is 7. The molecule has 10 nitrogen and oxygen atoms in total. The number of hydrogen-bond acceptors (Lipinski definition) is 8. The standard InChI is InChI=1S/C54H32N10/c1-33-5-25-43(26-6-33)63-51-52(60-48-30-46(38-15-11-36(32-56)12-16-38)45(29-47(48)59-51)37-13-9-35(31-55)10-14-37)64(44-27-7-34(2)8-28-44)54-53(63)61-49(39-17-21-41(57-3)22-18-39)50(62-54)40-19-23-42(58-4)24-20-40/h5-30H,1-2H3. The van der Waals surface area contributed by atoms with E-state index < -0.39 is 0 Å². The van der Waals surface area contributed by atoms with Gasteiger partial charge in [-0.05, 0) is 108 Å². The monoisotopic (exact) mass is 820 g/mol. The van der Waals surface area contributed by atoms with E-state index in [0.29, 0.717) is 68.2 Å². The summed E-state index contributed by atoms with van der Waals surface area (Å²) in [6.07, 6.45) is 0. The van der Waals surface area contributed by atoms with Gasteiger partial charge in [0.2, 0.25) is 0 Å². The second kappa shape index (κ2) is 15.8. The first-order chi connectivity index (χ1) is 31.3. The predicted molar refractivity (Wildman–Crippen MR) is 251 cm³/mol. The Morgan fingerprint density at radius 1 is 0.422 bits per heavy atom. The summed E-state index contributed by atoms with van der Waals surface area (Å²) in [4.78, 5) is 33.3. The van der Waals surface area contributed by atoms with Crippen molar-refractivity contribution in [1.82, 2.24) is 19.9 Å². The van der Waals surface area contributed by atoms with Crippen LogP contribution < -0.4 is 9.80 Å². The molecule has 0 spiro atoms. The van der Waals surface area contributed by atoms with Crippen LogP contribution in [0.25, 0.3) is 65.5 Å². The van der Waals surface area contributed by atoms with Crippen molar-refractivity contribution in [2.24, 2.45) is 0 Å². The lowest BCUT2D eigenvalue weighted by Crippen LogP contribution is -2.28. The number of nitriles is 2. The Morgan fingerprint density at radius 3 is 1.08 bits per heavy atom. The van der Waals surface area contributed by atoms with Gasteiger partial charge in [-0.15, -0.1) is 0 Å². The van der Waals surface area contributed by atoms with E-state index in [2.05, 4.69) is 21.8 Å². The highest BCUT2D eigenvalue weighted by atomic mass is 15.4. The summed E-state index contributed by atoms with van der Waals surface area (Å²) < 4.78 is 0. The molecule has 298 valence electrons. The lowest BCUT2D eigenvalue weighted by atomic mass is 9.93. The van der Waals surface area contributed by atoms with Gasteiger partial charge in [-0.3, -0.25) is 9.80 Å². The number of rotatable bonds is 6. The molecule has 0 fully saturated rings. The van der Waals surface area contributed by atoms with Gasteiger partial charge in [0.15, 0.2) is 34.6 Å². The molecule has 10 rings (SSSR count). The summed E-state index contributed by atoms with van der Waals surface area (Å²) in [5.41, 5.74) is 13.3. The highest BCUT2D eigenvalue weighted by molar-refractivity contribution is 6.02. The van der Waals surface area contributed by atoms with Crippen LogP contribution in [0.5, 0.6) is 0 Å². The summed E-state index contributed by atoms with van der Waals surface area (Å²) in [7, 11) is 0. The first-order valence-corrected chi connectivity index (χ1v) is 20.3. The van der Waals surface area contributed by atoms with E-state index in [-0.39, 0.29) is 0 Å². The van der Waals surface area contributed by atoms with Gasteiger partial charge in [-0.1, -0.05) is 108 Å². The van der Waals surface area contributed by atoms with Crippen LogP contribution in [0, 0.1) is 49.7 Å². The van der Waals surface area contributed by atoms with E-state index in [1.807, 2.05) is 133 Å². The fraction of sp³-hybridized carbons (Fsp3) is 0.0370. The fourth-order valence-corrected chi connectivity index (χ4v) is 7.90. The molecule has 2 aromatic heterocycles. The van der Waals surface area contributed by atoms with E-state index in [1.165, 1.54) is 0 Å². The quantitative estimate of drug-likeness (QED) is 0.152. The molecule has 0 bridgehead atoms. The van der Waals surface area contributed by atoms with Crippen molar-refractivity contribution in [3.8, 4) is 56.9 Å². The lowest BCUT2D eigenvalue weighted by molar-refractivity contribution is 1.01. The summed E-state index contributed by atoms with van der Waals surface area (Å²) in [6.45, 7) is 19.3. The minimum absolute atomic E-state index is 0.503. The Kier molecular flexibility index (Phi) is 9.58. The zero-order valence-corrected chi connectivity index (χ0v) is 34.5. The van der Waals surface area contributed by atoms with Crippen LogP contribution in [0.2, 0.25) is 0 Å². The van der Waals surface area contributed by atoms with Crippen LogP contribution in [0.4, 0.5) is 46.0 Å². The average Bonchev–Trinajstić information content (AvgIpc) is 3.35. The van der Waals surface area contributed by atoms with E-state index in [0.717, 1.165) is 55.9 Å². The minimum Gasteiger partial charge on any atom is -0.273 e. The van der Waals surface area contributed by atoms with Crippen LogP contribution in [0.3, 0.4) is 0 Å². The van der Waals surface area contributed by atoms with Gasteiger partial charge in [-0.2, -0.15) is 10.5 Å². The fourth-order valence-electron chi connectivity index (χ4n) is 7.90. The zero-order chi connectivity index (χ0) is 43.9. The third-order valence-corrected chi connectivity index (χ3v) is 11.2. The van der Waals surface area contributed by atoms with Crippen LogP contribution >= 0.6 is 0 Å². The van der Waals surface area contributed by atoms with Crippen molar-refractivity contribution >= 4 is 57.1 Å². The van der Waals surface area contributed by atoms with Crippen LogP contribution in [0.15, 0.2) is 158 Å². The van der Waals surface area contributed by atoms with Crippen LogP contribution in [0.1, 0.15) is 22.3 Å². The second-order valence-corrected chi connectivity index (χ2v) is 15.4. The predicted octanol–water partition coefficient (Wildman–Crippen LogP) is 13.8. The summed E-state index contributed by atoms with van der Waals surface area (Å²) in [6, 6.07) is 54.4. The van der Waals surface area contributed by atoms with E-state index >= 15 is 0 Å². The molecule has 64 heavy (non-hydrogen) atoms. The summed E-state index contributed by atoms with van der Waals surface area (Å²) in [5.74, 6) is 2.08. The van der Waals surface area contributed by atoms with Gasteiger partial charge in [-0.25, -0.2) is 29.6 Å². The minimum atomic E-state index is 0.503. The third kappa shape index (κ3) is 6.86. The van der Waals surface area contributed by atoms with Crippen molar-refractivity contribution in [2.75, 3.05) is 9.80 Å². The van der Waals surface area contributed by atoms with Crippen LogP contribution in [-0.4, -0.2) is 19.9 Å². The highest BCUT2D eigenvalue weighted by Crippen LogP contribution is 2.53. The SMILES string of the molecule is [C-]#[N+]c1ccc(-c2nc3c(nc2-c2ccc([N+]#[C-])cc2)N(c2ccc(C)cc2)c2nc4cc(-c5ccc(C#N)cc5)c(-c5ccc(C#N)cc5)cc4nc2N3c2ccc(C)cc2)cc1. The molecule has 0 saturated heterocycles. The molecule has 0 aliphatic carbocycles. The molecule has 1 aliphatic rings. The molecule has 0 amide bonds. The molecule has 0 unspecified atom stereocenters. The number of hydrogen-bond donors (Lipinski definition) is 0. The van der Waals surface area contributed by atoms with E-state index in [9.17, 15) is 10.5 Å². The maximum atomic E-state index is 9.62. The molecule has 7 aromatic carbocycles. The van der Waals surface area contributed by atoms with Crippen molar-refractivity contribution in [1.29, 1.82) is 10.5 Å². The van der Waals surface area contributed by atoms with Gasteiger partial charge in [0.25, 0.3) is 0 Å². The number of nitrogens with zero attached hydrogens (tertiary/aromatic N) is 10. The number of aromatic nitrogens is 4. The average molecular weight is 821 g/mol. The normalized spacial score (nSPS) is 11.5. The number of aryl methyl sites for hydroxylation is 2. The first-order valence-electron chi connectivity index (χ1n) is 20.3. The van der Waals surface area contributed by atoms with Gasteiger partial charge < -0.3 is 0 Å². The lowest BCUT2D eigenvalue weighted by Gasteiger charge is -2.37. The van der Waals surface area contributed by atoms with Gasteiger partial charge >= 0.3 is 0 Å². The van der Waals surface area contributed by atoms with Crippen molar-refractivity contribution < 1.29 is 0 Å². The Labute approximate surface area is 369 Å². The third-order valence-electron chi connectivity index (χ3n) is 11.2. The van der Waals surface area contributed by atoms with Gasteiger partial charge in [0.05, 0.1) is 58.8 Å². The molecular weight excluding hydrogens is 789 g/mol. The molecule has 0 N–H and O–H groups in total. The van der Waals surface area contributed by atoms with E-state index in [4.69, 9.17) is 33.1 Å². The number of fused-ring (bicyclic) bond motifs is 3. The zero-order valence-electron chi connectivity index (χ0n) is 34.5. The van der Waals surface area contributed by atoms with Gasteiger partial charge in [0.1, 0.15) is 0 Å². The van der Waals surface area contributed by atoms with Crippen molar-refractivity contribution in [2.45, 2.75) is 13.8 Å². The smallest absolute Gasteiger partial charge is 0.187 e. The molecule has 3 heterocycles. The Bertz CT molecular complexity index is 3230. The Balaban J connectivity index is 1.30. The Morgan fingerprint density at radius 2 is 0.750 bits per heavy atom. The van der Waals surface area contributed by atoms with Crippen LogP contribution in [-0.2, 0) is 0 Å². The van der Waals surface area contributed by atoms with Gasteiger partial charge in [0, 0.05) is 11.4 Å². The molecular formula is C54H32N10. The molecule has 10 heteroatoms. The highest BCUT2D eigenvalue weighted by Gasteiger charge is 2.37. The molecule has 1 aliphatic heterocycles. The molecule has 9 aromatic rings. The maximum Gasteiger partial charge on any atom is 0.187 e. The Hall–Kier alpha value is -9.48. The van der Waals surface area contributed by atoms with Crippen molar-refractivity contribution in [3.63, 3.8) is 0 Å². The summed E-state index contributed by atoms with van der Waals surface area (Å²) >= 11 is 0. The van der Waals surface area contributed by atoms with E-state index in [1.54, 1.807) is 48.5 Å². The molecule has 0 atom stereocenters. The second-order valence-electron chi connectivity index (χ2n) is 15.4. The molecule has 0 saturated carbocycles. The summed E-state index contributed by atoms with van der Waals surface area (Å²) in [5, 5.41) is 19.2.